The Labute approximate surface area is 155 Å². The highest BCUT2D eigenvalue weighted by atomic mass is 16.5. The van der Waals surface area contributed by atoms with Crippen molar-refractivity contribution in [1.29, 1.82) is 0 Å². The Morgan fingerprint density at radius 3 is 2.54 bits per heavy atom. The number of fused-ring (bicyclic) bond motifs is 1. The number of aromatic nitrogens is 1. The van der Waals surface area contributed by atoms with Crippen LogP contribution in [0.3, 0.4) is 0 Å². The summed E-state index contributed by atoms with van der Waals surface area (Å²) in [5, 5.41) is 0. The van der Waals surface area contributed by atoms with Gasteiger partial charge in [-0.25, -0.2) is 4.79 Å². The Kier molecular flexibility index (Phi) is 5.30. The van der Waals surface area contributed by atoms with E-state index in [0.29, 0.717) is 17.7 Å². The van der Waals surface area contributed by atoms with Gasteiger partial charge in [0.25, 0.3) is 0 Å². The molecular weight excluding hydrogens is 326 g/mol. The zero-order valence-electron chi connectivity index (χ0n) is 16.0. The van der Waals surface area contributed by atoms with Crippen molar-refractivity contribution in [2.75, 3.05) is 0 Å². The van der Waals surface area contributed by atoms with Gasteiger partial charge >= 0.3 is 5.97 Å². The van der Waals surface area contributed by atoms with Gasteiger partial charge in [0.15, 0.2) is 5.78 Å². The third-order valence-electron chi connectivity index (χ3n) is 5.44. The molecule has 2 aromatic rings. The van der Waals surface area contributed by atoms with Crippen LogP contribution in [0.25, 0.3) is 0 Å². The van der Waals surface area contributed by atoms with Crippen molar-refractivity contribution >= 4 is 11.8 Å². The third-order valence-corrected chi connectivity index (χ3v) is 5.44. The number of ether oxygens (including phenoxy) is 1. The molecule has 0 saturated heterocycles. The molecule has 1 aliphatic carbocycles. The number of carbonyl (C=O) groups is 2. The van der Waals surface area contributed by atoms with Gasteiger partial charge in [-0.2, -0.15) is 0 Å². The van der Waals surface area contributed by atoms with E-state index in [4.69, 9.17) is 4.74 Å². The number of aryl methyl sites for hydroxylation is 1. The van der Waals surface area contributed by atoms with E-state index in [0.717, 1.165) is 30.5 Å². The highest BCUT2D eigenvalue weighted by Crippen LogP contribution is 2.35. The van der Waals surface area contributed by atoms with E-state index in [1.807, 2.05) is 20.8 Å². The van der Waals surface area contributed by atoms with Gasteiger partial charge in [0.1, 0.15) is 5.69 Å². The lowest BCUT2D eigenvalue weighted by atomic mass is 9.81. The van der Waals surface area contributed by atoms with Crippen molar-refractivity contribution in [3.8, 4) is 0 Å². The van der Waals surface area contributed by atoms with Crippen LogP contribution >= 0.6 is 0 Å². The number of hydrogen-bond acceptors (Lipinski definition) is 3. The highest BCUT2D eigenvalue weighted by molar-refractivity contribution is 6.03. The van der Waals surface area contributed by atoms with Gasteiger partial charge in [0, 0.05) is 17.7 Å². The molecule has 0 amide bonds. The summed E-state index contributed by atoms with van der Waals surface area (Å²) in [4.78, 5) is 28.4. The second-order valence-corrected chi connectivity index (χ2v) is 7.23. The number of esters is 1. The summed E-state index contributed by atoms with van der Waals surface area (Å²) in [6, 6.07) is 8.50. The molecule has 3 rings (SSSR count). The molecule has 0 unspecified atom stereocenters. The molecule has 4 heteroatoms. The number of aromatic amines is 1. The fourth-order valence-electron chi connectivity index (χ4n) is 3.62. The molecule has 1 heterocycles. The number of Topliss-reactive ketones (excluding diaryl/α,β-unsaturated/α-hetero) is 1. The second kappa shape index (κ2) is 7.48. The van der Waals surface area contributed by atoms with Crippen LogP contribution in [0.15, 0.2) is 24.3 Å². The van der Waals surface area contributed by atoms with Crippen LogP contribution in [-0.2, 0) is 17.6 Å². The molecular formula is C22H27NO3. The zero-order valence-corrected chi connectivity index (χ0v) is 16.0. The topological polar surface area (TPSA) is 59.2 Å². The maximum Gasteiger partial charge on any atom is 0.355 e. The van der Waals surface area contributed by atoms with Gasteiger partial charge in [-0.05, 0) is 55.7 Å². The monoisotopic (exact) mass is 353 g/mol. The Balaban J connectivity index is 1.87. The van der Waals surface area contributed by atoms with Crippen molar-refractivity contribution in [3.63, 3.8) is 0 Å². The number of benzene rings is 1. The number of ketones is 1. The predicted octanol–water partition coefficient (Wildman–Crippen LogP) is 4.75. The van der Waals surface area contributed by atoms with Crippen LogP contribution in [-0.4, -0.2) is 22.8 Å². The van der Waals surface area contributed by atoms with Gasteiger partial charge in [0.05, 0.1) is 6.10 Å². The summed E-state index contributed by atoms with van der Waals surface area (Å²) < 4.78 is 5.43. The Bertz CT molecular complexity index is 817. The fourth-order valence-corrected chi connectivity index (χ4v) is 3.62. The van der Waals surface area contributed by atoms with Crippen molar-refractivity contribution in [1.82, 2.24) is 4.98 Å². The molecule has 1 aromatic carbocycles. The SMILES string of the molecule is CCc1ccc([C@H]2CC(=O)c3c([nH]c(C(=O)O[C@H](C)CC)c3C)C2)cc1. The van der Waals surface area contributed by atoms with Gasteiger partial charge in [-0.15, -0.1) is 0 Å². The molecule has 0 saturated carbocycles. The van der Waals surface area contributed by atoms with E-state index in [2.05, 4.69) is 36.2 Å². The summed E-state index contributed by atoms with van der Waals surface area (Å²) in [6.07, 6.45) is 2.86. The number of rotatable bonds is 5. The third kappa shape index (κ3) is 3.46. The standard InChI is InChI=1S/C22H27NO3/c1-5-13(3)26-22(25)21-14(4)20-18(23-21)11-17(12-19(20)24)16-9-7-15(6-2)8-10-16/h7-10,13,17,23H,5-6,11-12H2,1-4H3/t13-,17-/m1/s1. The second-order valence-electron chi connectivity index (χ2n) is 7.23. The number of carbonyl (C=O) groups excluding carboxylic acids is 2. The van der Waals surface area contributed by atoms with E-state index < -0.39 is 0 Å². The molecule has 0 aliphatic heterocycles. The van der Waals surface area contributed by atoms with Crippen LogP contribution < -0.4 is 0 Å². The Morgan fingerprint density at radius 1 is 1.23 bits per heavy atom. The first-order valence-electron chi connectivity index (χ1n) is 9.49. The Hall–Kier alpha value is -2.36. The molecule has 26 heavy (non-hydrogen) atoms. The van der Waals surface area contributed by atoms with Gasteiger partial charge in [-0.3, -0.25) is 4.79 Å². The van der Waals surface area contributed by atoms with Crippen molar-refractivity contribution < 1.29 is 14.3 Å². The minimum absolute atomic E-state index is 0.104. The average Bonchev–Trinajstić information content (AvgIpc) is 2.98. The van der Waals surface area contributed by atoms with Crippen LogP contribution in [0.2, 0.25) is 0 Å². The van der Waals surface area contributed by atoms with Gasteiger partial charge < -0.3 is 9.72 Å². The van der Waals surface area contributed by atoms with E-state index in [9.17, 15) is 9.59 Å². The minimum atomic E-state index is -0.372. The molecule has 1 aromatic heterocycles. The maximum absolute atomic E-state index is 12.8. The molecule has 2 atom stereocenters. The molecule has 0 bridgehead atoms. The van der Waals surface area contributed by atoms with Gasteiger partial charge in [0.2, 0.25) is 0 Å². The smallest absolute Gasteiger partial charge is 0.355 e. The summed E-state index contributed by atoms with van der Waals surface area (Å²) in [6.45, 7) is 7.81. The zero-order chi connectivity index (χ0) is 18.8. The number of H-pyrrole nitrogens is 1. The summed E-state index contributed by atoms with van der Waals surface area (Å²) >= 11 is 0. The minimum Gasteiger partial charge on any atom is -0.458 e. The lowest BCUT2D eigenvalue weighted by molar-refractivity contribution is 0.0327. The number of hydrogen-bond donors (Lipinski definition) is 1. The van der Waals surface area contributed by atoms with E-state index in [1.165, 1.54) is 11.1 Å². The maximum atomic E-state index is 12.8. The average molecular weight is 353 g/mol. The molecule has 0 fully saturated rings. The van der Waals surface area contributed by atoms with Crippen molar-refractivity contribution in [3.05, 3.63) is 57.9 Å². The lowest BCUT2D eigenvalue weighted by Crippen LogP contribution is -2.18. The molecule has 1 N–H and O–H groups in total. The molecule has 1 aliphatic rings. The van der Waals surface area contributed by atoms with Crippen molar-refractivity contribution in [2.45, 2.75) is 65.4 Å². The van der Waals surface area contributed by atoms with Crippen LogP contribution in [0.4, 0.5) is 0 Å². The summed E-state index contributed by atoms with van der Waals surface area (Å²) in [7, 11) is 0. The van der Waals surface area contributed by atoms with Crippen LogP contribution in [0.5, 0.6) is 0 Å². The van der Waals surface area contributed by atoms with E-state index >= 15 is 0 Å². The molecule has 4 nitrogen and oxygen atoms in total. The largest absolute Gasteiger partial charge is 0.458 e. The normalized spacial score (nSPS) is 17.7. The highest BCUT2D eigenvalue weighted by Gasteiger charge is 2.32. The van der Waals surface area contributed by atoms with E-state index in [1.54, 1.807) is 0 Å². The molecule has 138 valence electrons. The van der Waals surface area contributed by atoms with Crippen molar-refractivity contribution in [2.24, 2.45) is 0 Å². The van der Waals surface area contributed by atoms with E-state index in [-0.39, 0.29) is 23.8 Å². The quantitative estimate of drug-likeness (QED) is 0.789. The number of nitrogens with one attached hydrogen (secondary N) is 1. The predicted molar refractivity (Wildman–Crippen MR) is 102 cm³/mol. The van der Waals surface area contributed by atoms with Crippen LogP contribution in [0, 0.1) is 6.92 Å². The molecule has 0 spiro atoms. The lowest BCUT2D eigenvalue weighted by Gasteiger charge is -2.22. The molecule has 0 radical (unpaired) electrons. The Morgan fingerprint density at radius 2 is 1.92 bits per heavy atom. The van der Waals surface area contributed by atoms with Crippen LogP contribution in [0.1, 0.15) is 82.8 Å². The van der Waals surface area contributed by atoms with Gasteiger partial charge in [-0.1, -0.05) is 38.1 Å². The fraction of sp³-hybridized carbons (Fsp3) is 0.455. The first-order valence-corrected chi connectivity index (χ1v) is 9.49. The first kappa shape index (κ1) is 18.4. The first-order chi connectivity index (χ1) is 12.4. The summed E-state index contributed by atoms with van der Waals surface area (Å²) in [5.74, 6) is -0.118. The summed E-state index contributed by atoms with van der Waals surface area (Å²) in [5.41, 5.74) is 5.16.